The van der Waals surface area contributed by atoms with Gasteiger partial charge in [-0.25, -0.2) is 4.98 Å². The van der Waals surface area contributed by atoms with Crippen molar-refractivity contribution >= 4 is 17.6 Å². The summed E-state index contributed by atoms with van der Waals surface area (Å²) < 4.78 is 5.30. The average Bonchev–Trinajstić information content (AvgIpc) is 2.99. The molecule has 2 heterocycles. The Morgan fingerprint density at radius 2 is 2.08 bits per heavy atom. The Kier molecular flexibility index (Phi) is 4.69. The Bertz CT molecular complexity index is 653. The maximum atomic E-state index is 12.4. The molecule has 0 spiro atoms. The number of aromatic nitrogens is 1. The summed E-state index contributed by atoms with van der Waals surface area (Å²) in [5.74, 6) is 1.47. The van der Waals surface area contributed by atoms with Crippen LogP contribution >= 0.6 is 0 Å². The molecule has 0 amide bonds. The van der Waals surface area contributed by atoms with Crippen LogP contribution in [0.3, 0.4) is 0 Å². The molecule has 1 aromatic heterocycles. The second kappa shape index (κ2) is 6.75. The van der Waals surface area contributed by atoms with E-state index in [0.717, 1.165) is 18.9 Å². The zero-order chi connectivity index (χ0) is 17.3. The van der Waals surface area contributed by atoms with Gasteiger partial charge in [0.05, 0.1) is 12.5 Å². The van der Waals surface area contributed by atoms with Crippen molar-refractivity contribution in [2.75, 3.05) is 24.6 Å². The number of rotatable bonds is 4. The molecule has 0 unspecified atom stereocenters. The highest BCUT2D eigenvalue weighted by Crippen LogP contribution is 2.41. The van der Waals surface area contributed by atoms with Gasteiger partial charge in [-0.1, -0.05) is 19.1 Å². The first kappa shape index (κ1) is 16.7. The van der Waals surface area contributed by atoms with Crippen LogP contribution in [0.15, 0.2) is 30.5 Å². The van der Waals surface area contributed by atoms with Gasteiger partial charge in [-0.15, -0.1) is 0 Å². The van der Waals surface area contributed by atoms with Crippen LogP contribution in [0.4, 0.5) is 5.82 Å². The number of esters is 1. The Morgan fingerprint density at radius 3 is 2.71 bits per heavy atom. The van der Waals surface area contributed by atoms with Crippen LogP contribution in [0.25, 0.3) is 0 Å². The number of anilines is 1. The van der Waals surface area contributed by atoms with Crippen molar-refractivity contribution in [2.24, 2.45) is 23.7 Å². The Balaban J connectivity index is 1.78. The largest absolute Gasteiger partial charge is 0.466 e. The second-order valence-electron chi connectivity index (χ2n) is 6.72. The average molecular weight is 328 g/mol. The number of fused-ring (bicyclic) bond motifs is 1. The maximum Gasteiger partial charge on any atom is 0.309 e. The van der Waals surface area contributed by atoms with Crippen LogP contribution in [0, 0.1) is 23.7 Å². The molecule has 0 aromatic carbocycles. The summed E-state index contributed by atoms with van der Waals surface area (Å²) in [7, 11) is 0. The summed E-state index contributed by atoms with van der Waals surface area (Å²) in [6.45, 7) is 7.51. The van der Waals surface area contributed by atoms with Gasteiger partial charge in [-0.3, -0.25) is 9.59 Å². The van der Waals surface area contributed by atoms with Crippen molar-refractivity contribution in [2.45, 2.75) is 20.8 Å². The lowest BCUT2D eigenvalue weighted by Crippen LogP contribution is -2.37. The van der Waals surface area contributed by atoms with Gasteiger partial charge in [0.1, 0.15) is 5.82 Å². The minimum atomic E-state index is -0.0959. The van der Waals surface area contributed by atoms with E-state index in [1.807, 2.05) is 19.1 Å². The van der Waals surface area contributed by atoms with Gasteiger partial charge < -0.3 is 9.64 Å². The van der Waals surface area contributed by atoms with E-state index in [1.54, 1.807) is 6.20 Å². The molecule has 1 fully saturated rings. The molecule has 1 aliphatic heterocycles. The number of ketones is 1. The van der Waals surface area contributed by atoms with E-state index in [0.29, 0.717) is 18.1 Å². The number of carbonyl (C=O) groups is 2. The van der Waals surface area contributed by atoms with Gasteiger partial charge >= 0.3 is 5.97 Å². The van der Waals surface area contributed by atoms with Crippen LogP contribution in [0.1, 0.15) is 31.1 Å². The smallest absolute Gasteiger partial charge is 0.309 e. The van der Waals surface area contributed by atoms with Gasteiger partial charge in [0.15, 0.2) is 5.78 Å². The topological polar surface area (TPSA) is 59.5 Å². The number of ether oxygens (including phenoxy) is 1. The van der Waals surface area contributed by atoms with Gasteiger partial charge in [0, 0.05) is 24.8 Å². The Labute approximate surface area is 142 Å². The van der Waals surface area contributed by atoms with Crippen molar-refractivity contribution in [1.82, 2.24) is 4.98 Å². The third kappa shape index (κ3) is 3.07. The number of nitrogens with zero attached hydrogens (tertiary/aromatic N) is 2. The fourth-order valence-electron chi connectivity index (χ4n) is 3.86. The second-order valence-corrected chi connectivity index (χ2v) is 6.72. The molecule has 0 bridgehead atoms. The van der Waals surface area contributed by atoms with Crippen LogP contribution in [-0.4, -0.2) is 36.4 Å². The number of pyridine rings is 1. The van der Waals surface area contributed by atoms with Gasteiger partial charge in [-0.05, 0) is 43.7 Å². The molecule has 5 heteroatoms. The van der Waals surface area contributed by atoms with E-state index < -0.39 is 0 Å². The minimum absolute atomic E-state index is 0.0169. The fourth-order valence-corrected chi connectivity index (χ4v) is 3.86. The van der Waals surface area contributed by atoms with Crippen molar-refractivity contribution in [3.63, 3.8) is 0 Å². The first-order chi connectivity index (χ1) is 11.5. The Hall–Kier alpha value is -2.17. The van der Waals surface area contributed by atoms with Gasteiger partial charge in [-0.2, -0.15) is 0 Å². The van der Waals surface area contributed by atoms with E-state index in [1.165, 1.54) is 6.92 Å². The molecule has 0 N–H and O–H groups in total. The number of hydrogen-bond donors (Lipinski definition) is 0. The zero-order valence-corrected chi connectivity index (χ0v) is 14.4. The molecule has 2 aliphatic rings. The molecular weight excluding hydrogens is 304 g/mol. The molecule has 1 aromatic rings. The molecule has 4 atom stereocenters. The molecule has 5 nitrogen and oxygen atoms in total. The molecular formula is C19H24N2O3. The number of Topliss-reactive ketones (excluding diaryl/α,β-unsaturated/α-hetero) is 1. The third-order valence-electron chi connectivity index (χ3n) is 5.14. The number of hydrogen-bond acceptors (Lipinski definition) is 5. The van der Waals surface area contributed by atoms with E-state index >= 15 is 0 Å². The van der Waals surface area contributed by atoms with Crippen LogP contribution in [0.5, 0.6) is 0 Å². The van der Waals surface area contributed by atoms with Crippen molar-refractivity contribution in [1.29, 1.82) is 0 Å². The number of allylic oxidation sites excluding steroid dienone is 1. The molecule has 3 rings (SSSR count). The molecule has 24 heavy (non-hydrogen) atoms. The SMILES string of the molecule is CCOC(=O)[C@@H]1[C@H]2CN(c3ccc(C(C)=O)cn3)C[C@@H]2C=C[C@@H]1C. The number of carbonyl (C=O) groups excluding carboxylic acids is 2. The lowest BCUT2D eigenvalue weighted by atomic mass is 9.72. The van der Waals surface area contributed by atoms with Crippen molar-refractivity contribution in [3.05, 3.63) is 36.0 Å². The lowest BCUT2D eigenvalue weighted by molar-refractivity contribution is -0.151. The molecule has 0 radical (unpaired) electrons. The van der Waals surface area contributed by atoms with Crippen molar-refractivity contribution < 1.29 is 14.3 Å². The van der Waals surface area contributed by atoms with Gasteiger partial charge in [0.2, 0.25) is 0 Å². The van der Waals surface area contributed by atoms with E-state index in [4.69, 9.17) is 4.74 Å². The predicted molar refractivity (Wildman–Crippen MR) is 91.9 cm³/mol. The highest BCUT2D eigenvalue weighted by molar-refractivity contribution is 5.93. The zero-order valence-electron chi connectivity index (χ0n) is 14.4. The molecule has 128 valence electrons. The first-order valence-electron chi connectivity index (χ1n) is 8.58. The van der Waals surface area contributed by atoms with Crippen molar-refractivity contribution in [3.8, 4) is 0 Å². The summed E-state index contributed by atoms with van der Waals surface area (Å²) in [5.41, 5.74) is 0.619. The third-order valence-corrected chi connectivity index (χ3v) is 5.14. The highest BCUT2D eigenvalue weighted by atomic mass is 16.5. The van der Waals surface area contributed by atoms with E-state index in [-0.39, 0.29) is 29.5 Å². The lowest BCUT2D eigenvalue weighted by Gasteiger charge is -2.31. The quantitative estimate of drug-likeness (QED) is 0.483. The molecule has 1 aliphatic carbocycles. The summed E-state index contributed by atoms with van der Waals surface area (Å²) in [6.07, 6.45) is 5.99. The minimum Gasteiger partial charge on any atom is -0.466 e. The monoisotopic (exact) mass is 328 g/mol. The normalized spacial score (nSPS) is 28.5. The van der Waals surface area contributed by atoms with Crippen LogP contribution in [0.2, 0.25) is 0 Å². The summed E-state index contributed by atoms with van der Waals surface area (Å²) >= 11 is 0. The standard InChI is InChI=1S/C19H24N2O3/c1-4-24-19(23)18-12(2)5-6-15-10-21(11-16(15)18)17-8-7-14(9-20-17)13(3)22/h5-9,12,15-16,18H,4,10-11H2,1-3H3/t12-,15-,16-,18-/m0/s1. The molecule has 0 saturated carbocycles. The van der Waals surface area contributed by atoms with Crippen LogP contribution < -0.4 is 4.90 Å². The van der Waals surface area contributed by atoms with E-state index in [9.17, 15) is 9.59 Å². The predicted octanol–water partition coefficient (Wildman–Crippen LogP) is 2.72. The Morgan fingerprint density at radius 1 is 1.29 bits per heavy atom. The van der Waals surface area contributed by atoms with Gasteiger partial charge in [0.25, 0.3) is 0 Å². The highest BCUT2D eigenvalue weighted by Gasteiger charge is 2.45. The summed E-state index contributed by atoms with van der Waals surface area (Å²) in [5, 5.41) is 0. The maximum absolute atomic E-state index is 12.4. The van der Waals surface area contributed by atoms with Crippen LogP contribution in [-0.2, 0) is 9.53 Å². The fraction of sp³-hybridized carbons (Fsp3) is 0.526. The van der Waals surface area contributed by atoms with E-state index in [2.05, 4.69) is 29.0 Å². The summed E-state index contributed by atoms with van der Waals surface area (Å²) in [4.78, 5) is 30.4. The summed E-state index contributed by atoms with van der Waals surface area (Å²) in [6, 6.07) is 3.70. The molecule has 1 saturated heterocycles. The first-order valence-corrected chi connectivity index (χ1v) is 8.58.